The molecule has 0 bridgehead atoms. The Morgan fingerprint density at radius 3 is 3.08 bits per heavy atom. The molecule has 1 aromatic heterocycles. The van der Waals surface area contributed by atoms with Crippen LogP contribution in [0.15, 0.2) is 6.07 Å². The predicted octanol–water partition coefficient (Wildman–Crippen LogP) is 2.02. The number of aromatic amines is 1. The number of H-pyrrole nitrogens is 1. The summed E-state index contributed by atoms with van der Waals surface area (Å²) in [6.07, 6.45) is 0. The van der Waals surface area contributed by atoms with Crippen molar-refractivity contribution in [1.82, 2.24) is 9.97 Å². The Morgan fingerprint density at radius 2 is 2.50 bits per heavy atom. The first-order chi connectivity index (χ1) is 5.76. The van der Waals surface area contributed by atoms with E-state index in [4.69, 9.17) is 28.6 Å². The first kappa shape index (κ1) is 9.64. The van der Waals surface area contributed by atoms with Crippen molar-refractivity contribution in [3.05, 3.63) is 22.2 Å². The first-order valence-corrected chi connectivity index (χ1v) is 4.34. The summed E-state index contributed by atoms with van der Waals surface area (Å²) in [5, 5.41) is 0. The molecule has 0 fully saturated rings. The van der Waals surface area contributed by atoms with Gasteiger partial charge in [0.15, 0.2) is 0 Å². The second-order valence-corrected chi connectivity index (χ2v) is 2.94. The molecule has 5 heteroatoms. The van der Waals surface area contributed by atoms with Gasteiger partial charge in [-0.05, 0) is 6.07 Å². The lowest BCUT2D eigenvalue weighted by Crippen LogP contribution is -1.98. The number of hydrogen-bond acceptors (Lipinski definition) is 3. The fraction of sp³-hybridized carbons (Fsp3) is 0.429. The average Bonchev–Trinajstić information content (AvgIpc) is 2.04. The maximum atomic E-state index is 5.59. The third-order valence-electron chi connectivity index (χ3n) is 1.27. The van der Waals surface area contributed by atoms with Crippen LogP contribution in [0, 0.1) is 4.64 Å². The Balaban J connectivity index is 2.98. The van der Waals surface area contributed by atoms with Gasteiger partial charge in [-0.25, -0.2) is 4.98 Å². The number of alkyl halides is 1. The molecular weight excluding hydrogens is 196 g/mol. The van der Waals surface area contributed by atoms with E-state index >= 15 is 0 Å². The highest BCUT2D eigenvalue weighted by Gasteiger charge is 1.96. The Labute approximate surface area is 80.7 Å². The minimum atomic E-state index is 0.335. The average molecular weight is 205 g/mol. The van der Waals surface area contributed by atoms with Gasteiger partial charge in [0.25, 0.3) is 0 Å². The molecule has 1 heterocycles. The van der Waals surface area contributed by atoms with Crippen molar-refractivity contribution in [3.63, 3.8) is 0 Å². The highest BCUT2D eigenvalue weighted by atomic mass is 35.5. The van der Waals surface area contributed by atoms with Crippen molar-refractivity contribution in [2.45, 2.75) is 12.5 Å². The van der Waals surface area contributed by atoms with Gasteiger partial charge in [0.05, 0.1) is 12.5 Å². The molecule has 1 aromatic rings. The van der Waals surface area contributed by atoms with Gasteiger partial charge in [-0.3, -0.25) is 0 Å². The largest absolute Gasteiger partial charge is 0.378 e. The summed E-state index contributed by atoms with van der Waals surface area (Å²) in [4.78, 5) is 7.01. The summed E-state index contributed by atoms with van der Waals surface area (Å²) < 4.78 is 5.47. The number of halogens is 1. The first-order valence-electron chi connectivity index (χ1n) is 3.40. The summed E-state index contributed by atoms with van der Waals surface area (Å²) in [7, 11) is 1.62. The third-order valence-corrected chi connectivity index (χ3v) is 1.74. The molecule has 0 saturated heterocycles. The third kappa shape index (κ3) is 2.55. The summed E-state index contributed by atoms with van der Waals surface area (Å²) in [6, 6.07) is 1.76. The van der Waals surface area contributed by atoms with E-state index in [2.05, 4.69) is 9.97 Å². The summed E-state index contributed by atoms with van der Waals surface area (Å²) >= 11 is 10.5. The van der Waals surface area contributed by atoms with Gasteiger partial charge >= 0.3 is 0 Å². The van der Waals surface area contributed by atoms with E-state index < -0.39 is 0 Å². The quantitative estimate of drug-likeness (QED) is 0.605. The molecule has 1 N–H and O–H groups in total. The molecule has 0 amide bonds. The Morgan fingerprint density at radius 1 is 1.75 bits per heavy atom. The second-order valence-electron chi connectivity index (χ2n) is 2.26. The van der Waals surface area contributed by atoms with Crippen LogP contribution < -0.4 is 0 Å². The number of nitrogens with one attached hydrogen (secondary N) is 1. The van der Waals surface area contributed by atoms with Crippen LogP contribution in [0.2, 0.25) is 0 Å². The van der Waals surface area contributed by atoms with Gasteiger partial charge in [0, 0.05) is 12.8 Å². The highest BCUT2D eigenvalue weighted by Crippen LogP contribution is 2.01. The lowest BCUT2D eigenvalue weighted by molar-refractivity contribution is 0.181. The number of ether oxygens (including phenoxy) is 1. The maximum absolute atomic E-state index is 5.59. The molecule has 0 unspecified atom stereocenters. The normalized spacial score (nSPS) is 10.2. The van der Waals surface area contributed by atoms with E-state index in [0.717, 1.165) is 5.69 Å². The fourth-order valence-corrected chi connectivity index (χ4v) is 1.24. The maximum Gasteiger partial charge on any atom is 0.130 e. The van der Waals surface area contributed by atoms with E-state index in [9.17, 15) is 0 Å². The monoisotopic (exact) mass is 204 g/mol. The molecule has 0 atom stereocenters. The minimum Gasteiger partial charge on any atom is -0.378 e. The fourth-order valence-electron chi connectivity index (χ4n) is 0.860. The Hall–Kier alpha value is -0.450. The second kappa shape index (κ2) is 4.54. The lowest BCUT2D eigenvalue weighted by Gasteiger charge is -2.01. The number of rotatable bonds is 3. The van der Waals surface area contributed by atoms with Crippen molar-refractivity contribution in [2.75, 3.05) is 7.11 Å². The van der Waals surface area contributed by atoms with Crippen molar-refractivity contribution in [3.8, 4) is 0 Å². The van der Waals surface area contributed by atoms with Crippen LogP contribution in [0.4, 0.5) is 0 Å². The standard InChI is InChI=1S/C7H9ClN2OS/c1-11-4-5-2-7(12)10-6(3-8)9-5/h2H,3-4H2,1H3,(H,9,10,12). The van der Waals surface area contributed by atoms with E-state index in [1.807, 2.05) is 0 Å². The molecule has 0 aliphatic heterocycles. The van der Waals surface area contributed by atoms with Crippen molar-refractivity contribution in [1.29, 1.82) is 0 Å². The number of nitrogens with zero attached hydrogens (tertiary/aromatic N) is 1. The van der Waals surface area contributed by atoms with Crippen molar-refractivity contribution in [2.24, 2.45) is 0 Å². The van der Waals surface area contributed by atoms with E-state index in [1.54, 1.807) is 13.2 Å². The molecule has 3 nitrogen and oxygen atoms in total. The van der Waals surface area contributed by atoms with Crippen LogP contribution in [-0.2, 0) is 17.2 Å². The number of aromatic nitrogens is 2. The predicted molar refractivity (Wildman–Crippen MR) is 49.7 cm³/mol. The topological polar surface area (TPSA) is 37.9 Å². The van der Waals surface area contributed by atoms with E-state index in [0.29, 0.717) is 23.0 Å². The summed E-state index contributed by atoms with van der Waals surface area (Å²) in [6.45, 7) is 0.496. The van der Waals surface area contributed by atoms with Gasteiger partial charge in [-0.15, -0.1) is 11.6 Å². The van der Waals surface area contributed by atoms with Gasteiger partial charge in [-0.1, -0.05) is 12.2 Å². The molecule has 1 rings (SSSR count). The molecule has 0 radical (unpaired) electrons. The molecular formula is C7H9ClN2OS. The molecule has 0 aromatic carbocycles. The minimum absolute atomic E-state index is 0.335. The zero-order valence-electron chi connectivity index (χ0n) is 6.63. The molecule has 0 saturated carbocycles. The van der Waals surface area contributed by atoms with Crippen LogP contribution >= 0.6 is 23.8 Å². The molecule has 66 valence electrons. The molecule has 0 aliphatic rings. The van der Waals surface area contributed by atoms with Crippen LogP contribution in [0.3, 0.4) is 0 Å². The number of methoxy groups -OCH3 is 1. The molecule has 0 aliphatic carbocycles. The van der Waals surface area contributed by atoms with E-state index in [-0.39, 0.29) is 0 Å². The van der Waals surface area contributed by atoms with Crippen molar-refractivity contribution < 1.29 is 4.74 Å². The summed E-state index contributed by atoms with van der Waals surface area (Å²) in [5.41, 5.74) is 0.896. The van der Waals surface area contributed by atoms with Crippen LogP contribution in [0.1, 0.15) is 11.5 Å². The van der Waals surface area contributed by atoms with Gasteiger partial charge < -0.3 is 9.72 Å². The van der Waals surface area contributed by atoms with E-state index in [1.165, 1.54) is 0 Å². The van der Waals surface area contributed by atoms with Crippen LogP contribution in [-0.4, -0.2) is 17.1 Å². The van der Waals surface area contributed by atoms with Crippen molar-refractivity contribution >= 4 is 23.8 Å². The zero-order valence-corrected chi connectivity index (χ0v) is 8.21. The Kier molecular flexibility index (Phi) is 3.65. The van der Waals surface area contributed by atoms with Gasteiger partial charge in [-0.2, -0.15) is 0 Å². The molecule has 12 heavy (non-hydrogen) atoms. The van der Waals surface area contributed by atoms with Gasteiger partial charge in [0.2, 0.25) is 0 Å². The van der Waals surface area contributed by atoms with Gasteiger partial charge in [0.1, 0.15) is 10.5 Å². The lowest BCUT2D eigenvalue weighted by atomic mass is 10.4. The highest BCUT2D eigenvalue weighted by molar-refractivity contribution is 7.71. The zero-order chi connectivity index (χ0) is 8.97. The van der Waals surface area contributed by atoms with Crippen LogP contribution in [0.5, 0.6) is 0 Å². The molecule has 0 spiro atoms. The number of hydrogen-bond donors (Lipinski definition) is 1. The summed E-state index contributed by atoms with van der Waals surface area (Å²) in [5.74, 6) is 1.01. The SMILES string of the molecule is COCc1cc(=S)nc(CCl)[nH]1. The smallest absolute Gasteiger partial charge is 0.130 e. The Bertz CT molecular complexity index is 313. The van der Waals surface area contributed by atoms with Crippen LogP contribution in [0.25, 0.3) is 0 Å².